The number of rotatable bonds is 4. The van der Waals surface area contributed by atoms with Gasteiger partial charge >= 0.3 is 5.97 Å². The van der Waals surface area contributed by atoms with E-state index in [-0.39, 0.29) is 23.7 Å². The standard InChI is InChI=1S/C26H34F2O3/c1-14-18-15(2)23(27)24(28)25(31-3)22(18)21(17-12-8-5-9-13-17)20(19(14)26(29)30)16-10-6-4-7-11-16/h5,8-9,12-13,15-16,18-25H,1,4,6-7,10-11H2,2-3H3,(H,29,30)/t15?,18?,19-,20?,21?,22?,23?,24?,25?/m1/s1. The highest BCUT2D eigenvalue weighted by Crippen LogP contribution is 2.60. The highest BCUT2D eigenvalue weighted by atomic mass is 19.2. The minimum Gasteiger partial charge on any atom is -0.481 e. The number of carboxylic acids is 1. The van der Waals surface area contributed by atoms with E-state index in [0.29, 0.717) is 5.57 Å². The number of carbonyl (C=O) groups is 1. The summed E-state index contributed by atoms with van der Waals surface area (Å²) in [6.45, 7) is 5.93. The molecule has 31 heavy (non-hydrogen) atoms. The predicted octanol–water partition coefficient (Wildman–Crippen LogP) is 5.81. The van der Waals surface area contributed by atoms with E-state index in [1.165, 1.54) is 7.11 Å². The number of carboxylic acid groups (broad SMARTS) is 1. The van der Waals surface area contributed by atoms with E-state index in [1.807, 2.05) is 30.3 Å². The van der Waals surface area contributed by atoms with Gasteiger partial charge in [-0.1, -0.05) is 81.5 Å². The van der Waals surface area contributed by atoms with E-state index in [0.717, 1.165) is 37.7 Å². The molecule has 5 heteroatoms. The molecule has 0 bridgehead atoms. The Bertz CT molecular complexity index is 791. The molecule has 1 aromatic carbocycles. The molecule has 3 nitrogen and oxygen atoms in total. The lowest BCUT2D eigenvalue weighted by atomic mass is 9.48. The van der Waals surface area contributed by atoms with Crippen LogP contribution in [0.25, 0.3) is 0 Å². The van der Waals surface area contributed by atoms with Gasteiger partial charge < -0.3 is 9.84 Å². The Kier molecular flexibility index (Phi) is 6.52. The number of fused-ring (bicyclic) bond motifs is 1. The molecule has 0 radical (unpaired) electrons. The Morgan fingerprint density at radius 3 is 2.26 bits per heavy atom. The molecule has 3 saturated carbocycles. The number of methoxy groups -OCH3 is 1. The number of halogens is 2. The first-order chi connectivity index (χ1) is 14.9. The van der Waals surface area contributed by atoms with E-state index in [9.17, 15) is 9.90 Å². The van der Waals surface area contributed by atoms with Gasteiger partial charge in [-0.3, -0.25) is 4.79 Å². The Hall–Kier alpha value is -1.75. The number of hydrogen-bond acceptors (Lipinski definition) is 2. The van der Waals surface area contributed by atoms with Gasteiger partial charge in [-0.2, -0.15) is 0 Å². The SMILES string of the molecule is C=C1C2C(C)C(F)C(F)C(OC)C2C(c2ccccc2)C(C2CCCCC2)[C@@H]1C(=O)O. The lowest BCUT2D eigenvalue weighted by Gasteiger charge is -2.57. The van der Waals surface area contributed by atoms with Crippen LogP contribution in [0.1, 0.15) is 50.5 Å². The van der Waals surface area contributed by atoms with Crippen molar-refractivity contribution in [2.24, 2.45) is 35.5 Å². The van der Waals surface area contributed by atoms with Crippen LogP contribution in [0, 0.1) is 35.5 Å². The molecule has 0 aromatic heterocycles. The third-order valence-electron chi connectivity index (χ3n) is 8.44. The van der Waals surface area contributed by atoms with E-state index in [4.69, 9.17) is 4.74 Å². The highest BCUT2D eigenvalue weighted by molar-refractivity contribution is 5.75. The van der Waals surface area contributed by atoms with E-state index >= 15 is 8.78 Å². The molecule has 0 amide bonds. The molecule has 1 aromatic rings. The first-order valence-electron chi connectivity index (χ1n) is 11.7. The highest BCUT2D eigenvalue weighted by Gasteiger charge is 2.61. The van der Waals surface area contributed by atoms with Crippen molar-refractivity contribution < 1.29 is 23.4 Å². The maximum absolute atomic E-state index is 15.3. The molecule has 3 aliphatic carbocycles. The fourth-order valence-corrected chi connectivity index (χ4v) is 7.18. The van der Waals surface area contributed by atoms with Crippen molar-refractivity contribution in [3.05, 3.63) is 48.0 Å². The van der Waals surface area contributed by atoms with Crippen LogP contribution in [0.15, 0.2) is 42.5 Å². The number of ether oxygens (including phenoxy) is 1. The van der Waals surface area contributed by atoms with Crippen LogP contribution in [0.3, 0.4) is 0 Å². The third-order valence-corrected chi connectivity index (χ3v) is 8.44. The van der Waals surface area contributed by atoms with Gasteiger partial charge in [-0.15, -0.1) is 0 Å². The molecule has 3 fully saturated rings. The quantitative estimate of drug-likeness (QED) is 0.611. The second-order valence-electron chi connectivity index (χ2n) is 9.85. The minimum atomic E-state index is -1.73. The molecule has 170 valence electrons. The second-order valence-corrected chi connectivity index (χ2v) is 9.85. The largest absolute Gasteiger partial charge is 0.481 e. The van der Waals surface area contributed by atoms with Crippen molar-refractivity contribution in [1.29, 1.82) is 0 Å². The molecular weight excluding hydrogens is 398 g/mol. The normalized spacial score (nSPS) is 41.5. The number of hydrogen-bond donors (Lipinski definition) is 1. The Balaban J connectivity index is 1.90. The number of benzene rings is 1. The summed E-state index contributed by atoms with van der Waals surface area (Å²) in [7, 11) is 1.45. The van der Waals surface area contributed by atoms with Gasteiger partial charge in [-0.05, 0) is 35.2 Å². The number of alkyl halides is 2. The van der Waals surface area contributed by atoms with E-state index in [1.54, 1.807) is 6.92 Å². The lowest BCUT2D eigenvalue weighted by Crippen LogP contribution is -2.60. The summed E-state index contributed by atoms with van der Waals surface area (Å²) in [6, 6.07) is 9.84. The van der Waals surface area contributed by atoms with Gasteiger partial charge in [0.05, 0.1) is 12.0 Å². The molecule has 3 aliphatic rings. The Morgan fingerprint density at radius 2 is 1.68 bits per heavy atom. The average molecular weight is 433 g/mol. The van der Waals surface area contributed by atoms with Crippen molar-refractivity contribution >= 4 is 5.97 Å². The summed E-state index contributed by atoms with van der Waals surface area (Å²) >= 11 is 0. The van der Waals surface area contributed by atoms with Crippen LogP contribution in [0.4, 0.5) is 8.78 Å². The molecule has 9 atom stereocenters. The van der Waals surface area contributed by atoms with Gasteiger partial charge in [0.1, 0.15) is 6.17 Å². The van der Waals surface area contributed by atoms with Crippen molar-refractivity contribution in [1.82, 2.24) is 0 Å². The molecule has 0 aliphatic heterocycles. The minimum absolute atomic E-state index is 0.192. The smallest absolute Gasteiger partial charge is 0.310 e. The average Bonchev–Trinajstić information content (AvgIpc) is 2.78. The molecule has 0 spiro atoms. The number of aliphatic carboxylic acids is 1. The van der Waals surface area contributed by atoms with E-state index < -0.39 is 42.2 Å². The summed E-state index contributed by atoms with van der Waals surface area (Å²) in [6.07, 6.45) is 0.932. The van der Waals surface area contributed by atoms with Gasteiger partial charge in [0, 0.05) is 13.0 Å². The van der Waals surface area contributed by atoms with Crippen LogP contribution in [-0.2, 0) is 9.53 Å². The van der Waals surface area contributed by atoms with Crippen LogP contribution >= 0.6 is 0 Å². The maximum Gasteiger partial charge on any atom is 0.310 e. The van der Waals surface area contributed by atoms with Gasteiger partial charge in [0.15, 0.2) is 6.17 Å². The second kappa shape index (κ2) is 9.01. The molecule has 4 rings (SSSR count). The maximum atomic E-state index is 15.3. The van der Waals surface area contributed by atoms with E-state index in [2.05, 4.69) is 6.58 Å². The van der Waals surface area contributed by atoms with Crippen LogP contribution in [0.2, 0.25) is 0 Å². The van der Waals surface area contributed by atoms with Crippen LogP contribution < -0.4 is 0 Å². The fraction of sp³-hybridized carbons (Fsp3) is 0.654. The molecule has 0 heterocycles. The summed E-state index contributed by atoms with van der Waals surface area (Å²) in [4.78, 5) is 12.6. The van der Waals surface area contributed by atoms with Crippen LogP contribution in [-0.4, -0.2) is 36.6 Å². The summed E-state index contributed by atoms with van der Waals surface area (Å²) in [5.74, 6) is -3.22. The Morgan fingerprint density at radius 1 is 1.03 bits per heavy atom. The zero-order valence-electron chi connectivity index (χ0n) is 18.4. The molecule has 1 N–H and O–H groups in total. The molecule has 8 unspecified atom stereocenters. The predicted molar refractivity (Wildman–Crippen MR) is 116 cm³/mol. The van der Waals surface area contributed by atoms with Gasteiger partial charge in [-0.25, -0.2) is 8.78 Å². The van der Waals surface area contributed by atoms with Crippen LogP contribution in [0.5, 0.6) is 0 Å². The van der Waals surface area contributed by atoms with Crippen molar-refractivity contribution in [2.45, 2.75) is 63.4 Å². The zero-order valence-corrected chi connectivity index (χ0v) is 18.4. The monoisotopic (exact) mass is 432 g/mol. The summed E-state index contributed by atoms with van der Waals surface area (Å²) in [5.41, 5.74) is 1.56. The van der Waals surface area contributed by atoms with Crippen molar-refractivity contribution in [3.8, 4) is 0 Å². The topological polar surface area (TPSA) is 46.5 Å². The molecular formula is C26H34F2O3. The lowest BCUT2D eigenvalue weighted by molar-refractivity contribution is -0.157. The zero-order chi connectivity index (χ0) is 22.3. The first-order valence-corrected chi connectivity index (χ1v) is 11.7. The summed E-state index contributed by atoms with van der Waals surface area (Å²) in [5, 5.41) is 10.3. The molecule has 0 saturated heterocycles. The summed E-state index contributed by atoms with van der Waals surface area (Å²) < 4.78 is 35.9. The van der Waals surface area contributed by atoms with Gasteiger partial charge in [0.2, 0.25) is 0 Å². The first kappa shape index (κ1) is 22.4. The fourth-order valence-electron chi connectivity index (χ4n) is 7.18. The third kappa shape index (κ3) is 3.73. The van der Waals surface area contributed by atoms with Crippen molar-refractivity contribution in [2.75, 3.05) is 7.11 Å². The van der Waals surface area contributed by atoms with Gasteiger partial charge in [0.25, 0.3) is 0 Å². The Labute approximate surface area is 183 Å². The van der Waals surface area contributed by atoms with Crippen molar-refractivity contribution in [3.63, 3.8) is 0 Å².